The molecular weight excluding hydrogens is 254 g/mol. The van der Waals surface area contributed by atoms with Crippen molar-refractivity contribution in [2.45, 2.75) is 32.2 Å². The molecule has 0 saturated carbocycles. The second kappa shape index (κ2) is 6.75. The maximum absolute atomic E-state index is 11.8. The van der Waals surface area contributed by atoms with Gasteiger partial charge in [0.15, 0.2) is 0 Å². The zero-order valence-electron chi connectivity index (χ0n) is 12.4. The monoisotopic (exact) mass is 277 g/mol. The average Bonchev–Trinajstić information content (AvgIpc) is 2.85. The van der Waals surface area contributed by atoms with Gasteiger partial charge in [-0.1, -0.05) is 32.0 Å². The molecule has 0 spiro atoms. The van der Waals surface area contributed by atoms with Gasteiger partial charge in [0.2, 0.25) is 0 Å². The third-order valence-corrected chi connectivity index (χ3v) is 3.60. The van der Waals surface area contributed by atoms with Crippen molar-refractivity contribution in [3.05, 3.63) is 29.8 Å². The first kappa shape index (κ1) is 14.9. The lowest BCUT2D eigenvalue weighted by Crippen LogP contribution is -2.41. The summed E-state index contributed by atoms with van der Waals surface area (Å²) in [6, 6.07) is 7.83. The standard InChI is InChI=1S/C16H23NO3/c1-11(2)8-14(16(18)19-3)17-9-12-10-20-15-7-5-4-6-13(12)15/h4-7,11-12,14,17H,8-10H2,1-3H3. The fraction of sp³-hybridized carbons (Fsp3) is 0.562. The predicted molar refractivity (Wildman–Crippen MR) is 77.9 cm³/mol. The van der Waals surface area contributed by atoms with E-state index in [1.54, 1.807) is 0 Å². The molecule has 0 radical (unpaired) electrons. The third kappa shape index (κ3) is 3.51. The summed E-state index contributed by atoms with van der Waals surface area (Å²) in [5, 5.41) is 3.33. The molecule has 1 aliphatic rings. The minimum Gasteiger partial charge on any atom is -0.493 e. The molecule has 0 bridgehead atoms. The van der Waals surface area contributed by atoms with Crippen molar-refractivity contribution in [3.63, 3.8) is 0 Å². The molecule has 1 aliphatic heterocycles. The van der Waals surface area contributed by atoms with E-state index in [-0.39, 0.29) is 12.0 Å². The van der Waals surface area contributed by atoms with Crippen molar-refractivity contribution in [2.75, 3.05) is 20.3 Å². The summed E-state index contributed by atoms with van der Waals surface area (Å²) in [6.45, 7) is 5.60. The van der Waals surface area contributed by atoms with Crippen LogP contribution in [0, 0.1) is 5.92 Å². The van der Waals surface area contributed by atoms with Crippen molar-refractivity contribution >= 4 is 5.97 Å². The van der Waals surface area contributed by atoms with Gasteiger partial charge in [0.1, 0.15) is 11.8 Å². The van der Waals surface area contributed by atoms with Gasteiger partial charge in [-0.3, -0.25) is 4.79 Å². The van der Waals surface area contributed by atoms with Gasteiger partial charge < -0.3 is 14.8 Å². The summed E-state index contributed by atoms with van der Waals surface area (Å²) in [5.41, 5.74) is 1.22. The number of rotatable bonds is 6. The molecule has 1 N–H and O–H groups in total. The summed E-state index contributed by atoms with van der Waals surface area (Å²) in [4.78, 5) is 11.8. The Bertz CT molecular complexity index is 459. The fourth-order valence-corrected chi connectivity index (χ4v) is 2.56. The molecule has 4 nitrogen and oxygen atoms in total. The van der Waals surface area contributed by atoms with Crippen molar-refractivity contribution in [3.8, 4) is 5.75 Å². The molecule has 0 aromatic heterocycles. The van der Waals surface area contributed by atoms with Crippen molar-refractivity contribution in [2.24, 2.45) is 5.92 Å². The number of hydrogen-bond donors (Lipinski definition) is 1. The van der Waals surface area contributed by atoms with Gasteiger partial charge in [0, 0.05) is 18.0 Å². The molecule has 20 heavy (non-hydrogen) atoms. The minimum absolute atomic E-state index is 0.189. The number of carbonyl (C=O) groups is 1. The SMILES string of the molecule is COC(=O)C(CC(C)C)NCC1COc2ccccc21. The van der Waals surface area contributed by atoms with Crippen LogP contribution in [0.1, 0.15) is 31.7 Å². The van der Waals surface area contributed by atoms with E-state index in [0.29, 0.717) is 18.4 Å². The molecular formula is C16H23NO3. The Kier molecular flexibility index (Phi) is 5.01. The topological polar surface area (TPSA) is 47.6 Å². The number of carbonyl (C=O) groups excluding carboxylic acids is 1. The Labute approximate surface area is 120 Å². The Morgan fingerprint density at radius 1 is 1.45 bits per heavy atom. The van der Waals surface area contributed by atoms with Crippen LogP contribution in [0.3, 0.4) is 0 Å². The van der Waals surface area contributed by atoms with Gasteiger partial charge in [-0.25, -0.2) is 0 Å². The van der Waals surface area contributed by atoms with E-state index in [0.717, 1.165) is 18.7 Å². The van der Waals surface area contributed by atoms with Gasteiger partial charge >= 0.3 is 5.97 Å². The van der Waals surface area contributed by atoms with Crippen molar-refractivity contribution in [1.29, 1.82) is 0 Å². The highest BCUT2D eigenvalue weighted by molar-refractivity contribution is 5.75. The number of nitrogens with one attached hydrogen (secondary N) is 1. The summed E-state index contributed by atoms with van der Waals surface area (Å²) in [7, 11) is 1.44. The molecule has 4 heteroatoms. The summed E-state index contributed by atoms with van der Waals surface area (Å²) >= 11 is 0. The smallest absolute Gasteiger partial charge is 0.322 e. The first-order chi connectivity index (χ1) is 9.61. The second-order valence-electron chi connectivity index (χ2n) is 5.66. The van der Waals surface area contributed by atoms with Crippen LogP contribution in [-0.4, -0.2) is 32.3 Å². The lowest BCUT2D eigenvalue weighted by atomic mass is 9.99. The average molecular weight is 277 g/mol. The first-order valence-corrected chi connectivity index (χ1v) is 7.14. The maximum atomic E-state index is 11.8. The van der Waals surface area contributed by atoms with Crippen LogP contribution >= 0.6 is 0 Å². The van der Waals surface area contributed by atoms with Gasteiger partial charge in [-0.05, 0) is 18.4 Å². The van der Waals surface area contributed by atoms with Crippen LogP contribution in [0.25, 0.3) is 0 Å². The van der Waals surface area contributed by atoms with E-state index in [4.69, 9.17) is 9.47 Å². The number of esters is 1. The summed E-state index contributed by atoms with van der Waals surface area (Å²) < 4.78 is 10.5. The quantitative estimate of drug-likeness (QED) is 0.811. The molecule has 2 rings (SSSR count). The molecule has 2 unspecified atom stereocenters. The minimum atomic E-state index is -0.243. The van der Waals surface area contributed by atoms with Crippen LogP contribution in [0.15, 0.2) is 24.3 Å². The van der Waals surface area contributed by atoms with E-state index >= 15 is 0 Å². The fourth-order valence-electron chi connectivity index (χ4n) is 2.56. The van der Waals surface area contributed by atoms with E-state index in [2.05, 4.69) is 25.2 Å². The number of para-hydroxylation sites is 1. The van der Waals surface area contributed by atoms with Gasteiger partial charge in [0.05, 0.1) is 13.7 Å². The Morgan fingerprint density at radius 2 is 2.20 bits per heavy atom. The molecule has 0 fully saturated rings. The van der Waals surface area contributed by atoms with Crippen LogP contribution < -0.4 is 10.1 Å². The highest BCUT2D eigenvalue weighted by Gasteiger charge is 2.26. The second-order valence-corrected chi connectivity index (χ2v) is 5.66. The van der Waals surface area contributed by atoms with E-state index in [1.807, 2.05) is 18.2 Å². The number of hydrogen-bond acceptors (Lipinski definition) is 4. The van der Waals surface area contributed by atoms with Crippen molar-refractivity contribution in [1.82, 2.24) is 5.32 Å². The Hall–Kier alpha value is -1.55. The normalized spacial score (nSPS) is 18.5. The predicted octanol–water partition coefficient (Wildman–Crippen LogP) is 2.34. The Balaban J connectivity index is 1.95. The highest BCUT2D eigenvalue weighted by Crippen LogP contribution is 2.32. The molecule has 1 heterocycles. The lowest BCUT2D eigenvalue weighted by Gasteiger charge is -2.20. The van der Waals surface area contributed by atoms with Crippen LogP contribution in [0.2, 0.25) is 0 Å². The molecule has 0 saturated heterocycles. The molecule has 2 atom stereocenters. The van der Waals surface area contributed by atoms with Crippen LogP contribution in [-0.2, 0) is 9.53 Å². The lowest BCUT2D eigenvalue weighted by molar-refractivity contribution is -0.143. The summed E-state index contributed by atoms with van der Waals surface area (Å²) in [5.74, 6) is 1.51. The highest BCUT2D eigenvalue weighted by atomic mass is 16.5. The molecule has 1 aromatic rings. The molecule has 110 valence electrons. The number of benzene rings is 1. The largest absolute Gasteiger partial charge is 0.493 e. The van der Waals surface area contributed by atoms with E-state index in [9.17, 15) is 4.79 Å². The van der Waals surface area contributed by atoms with E-state index < -0.39 is 0 Å². The number of fused-ring (bicyclic) bond motifs is 1. The number of ether oxygens (including phenoxy) is 2. The molecule has 1 aromatic carbocycles. The molecule has 0 aliphatic carbocycles. The zero-order valence-corrected chi connectivity index (χ0v) is 12.4. The van der Waals surface area contributed by atoms with Gasteiger partial charge in [0.25, 0.3) is 0 Å². The summed E-state index contributed by atoms with van der Waals surface area (Å²) in [6.07, 6.45) is 0.780. The molecule has 0 amide bonds. The van der Waals surface area contributed by atoms with Gasteiger partial charge in [-0.15, -0.1) is 0 Å². The Morgan fingerprint density at radius 3 is 2.90 bits per heavy atom. The maximum Gasteiger partial charge on any atom is 0.322 e. The third-order valence-electron chi connectivity index (χ3n) is 3.60. The van der Waals surface area contributed by atoms with Crippen LogP contribution in [0.4, 0.5) is 0 Å². The van der Waals surface area contributed by atoms with Crippen molar-refractivity contribution < 1.29 is 14.3 Å². The first-order valence-electron chi connectivity index (χ1n) is 7.14. The van der Waals surface area contributed by atoms with E-state index in [1.165, 1.54) is 12.7 Å². The van der Waals surface area contributed by atoms with Gasteiger partial charge in [-0.2, -0.15) is 0 Å². The zero-order chi connectivity index (χ0) is 14.5. The van der Waals surface area contributed by atoms with Crippen LogP contribution in [0.5, 0.6) is 5.75 Å². The number of methoxy groups -OCH3 is 1.